The molecule has 1 fully saturated rings. The number of amides is 2. The third kappa shape index (κ3) is 6.04. The first kappa shape index (κ1) is 24.0. The average molecular weight is 478 g/mol. The Kier molecular flexibility index (Phi) is 7.98. The monoisotopic (exact) mass is 477 g/mol. The number of ether oxygens (including phenoxy) is 1. The van der Waals surface area contributed by atoms with E-state index in [2.05, 4.69) is 34.7 Å². The normalized spacial score (nSPS) is 14.4. The largest absolute Gasteiger partial charge is 0.497 e. The van der Waals surface area contributed by atoms with Crippen LogP contribution in [-0.4, -0.2) is 43.0 Å². The molecule has 1 N–H and O–H groups in total. The minimum Gasteiger partial charge on any atom is -0.497 e. The van der Waals surface area contributed by atoms with Crippen LogP contribution in [0.3, 0.4) is 0 Å². The van der Waals surface area contributed by atoms with Crippen LogP contribution in [0.4, 0.5) is 11.4 Å². The van der Waals surface area contributed by atoms with Crippen LogP contribution < -0.4 is 15.0 Å². The van der Waals surface area contributed by atoms with Crippen molar-refractivity contribution in [3.05, 3.63) is 76.5 Å². The second-order valence-corrected chi connectivity index (χ2v) is 9.63. The number of methoxy groups -OCH3 is 1. The molecule has 1 atom stereocenters. The lowest BCUT2D eigenvalue weighted by molar-refractivity contribution is -0.118. The van der Waals surface area contributed by atoms with Crippen molar-refractivity contribution in [1.82, 2.24) is 4.90 Å². The lowest BCUT2D eigenvalue weighted by atomic mass is 10.1. The van der Waals surface area contributed by atoms with Crippen LogP contribution >= 0.6 is 11.3 Å². The standard InChI is InChI=1S/C27H31N3O3S/c1-20(17-23-7-6-16-34-23)29(18-21-11-13-22(33-2)14-12-21)19-26(31)28-24-8-3-4-9-25(24)30-15-5-10-27(30)32/h3-4,6-9,11-14,16,20H,5,10,15,17-19H2,1-2H3,(H,28,31). The lowest BCUT2D eigenvalue weighted by Crippen LogP contribution is -2.40. The Morgan fingerprint density at radius 1 is 1.15 bits per heavy atom. The molecule has 2 amide bonds. The Balaban J connectivity index is 1.49. The van der Waals surface area contributed by atoms with Crippen LogP contribution in [0, 0.1) is 0 Å². The van der Waals surface area contributed by atoms with Gasteiger partial charge in [0.1, 0.15) is 5.75 Å². The van der Waals surface area contributed by atoms with Gasteiger partial charge < -0.3 is 15.0 Å². The molecule has 7 heteroatoms. The number of nitrogens with zero attached hydrogens (tertiary/aromatic N) is 2. The van der Waals surface area contributed by atoms with Crippen LogP contribution in [0.5, 0.6) is 5.75 Å². The highest BCUT2D eigenvalue weighted by Crippen LogP contribution is 2.29. The highest BCUT2D eigenvalue weighted by Gasteiger charge is 2.25. The summed E-state index contributed by atoms with van der Waals surface area (Å²) < 4.78 is 5.28. The van der Waals surface area contributed by atoms with Crippen LogP contribution in [0.15, 0.2) is 66.0 Å². The zero-order valence-electron chi connectivity index (χ0n) is 19.7. The molecule has 2 heterocycles. The maximum atomic E-state index is 13.2. The molecule has 4 rings (SSSR count). The van der Waals surface area contributed by atoms with Gasteiger partial charge in [-0.1, -0.05) is 30.3 Å². The molecule has 1 aromatic heterocycles. The second kappa shape index (κ2) is 11.3. The minimum atomic E-state index is -0.0920. The Morgan fingerprint density at radius 3 is 2.62 bits per heavy atom. The summed E-state index contributed by atoms with van der Waals surface area (Å²) in [7, 11) is 1.66. The van der Waals surface area contributed by atoms with E-state index in [4.69, 9.17) is 4.74 Å². The van der Waals surface area contributed by atoms with E-state index >= 15 is 0 Å². The zero-order valence-corrected chi connectivity index (χ0v) is 20.5. The number of thiophene rings is 1. The first-order valence-corrected chi connectivity index (χ1v) is 12.5. The van der Waals surface area contributed by atoms with E-state index < -0.39 is 0 Å². The third-order valence-electron chi connectivity index (χ3n) is 6.13. The molecule has 178 valence electrons. The lowest BCUT2D eigenvalue weighted by Gasteiger charge is -2.29. The van der Waals surface area contributed by atoms with Gasteiger partial charge >= 0.3 is 0 Å². The molecule has 34 heavy (non-hydrogen) atoms. The minimum absolute atomic E-state index is 0.0920. The topological polar surface area (TPSA) is 61.9 Å². The molecule has 0 aliphatic carbocycles. The molecule has 2 aromatic carbocycles. The number of hydrogen-bond donors (Lipinski definition) is 1. The van der Waals surface area contributed by atoms with Crippen molar-refractivity contribution in [2.24, 2.45) is 0 Å². The van der Waals surface area contributed by atoms with Crippen LogP contribution in [0.1, 0.15) is 30.2 Å². The molecule has 6 nitrogen and oxygen atoms in total. The molecule has 0 spiro atoms. The fourth-order valence-electron chi connectivity index (χ4n) is 4.27. The van der Waals surface area contributed by atoms with Gasteiger partial charge in [0, 0.05) is 30.4 Å². The summed E-state index contributed by atoms with van der Waals surface area (Å²) in [5.74, 6) is 0.825. The Labute approximate surface area is 205 Å². The maximum Gasteiger partial charge on any atom is 0.238 e. The van der Waals surface area contributed by atoms with E-state index in [0.717, 1.165) is 29.8 Å². The van der Waals surface area contributed by atoms with Gasteiger partial charge in [0.15, 0.2) is 0 Å². The summed E-state index contributed by atoms with van der Waals surface area (Å²) in [6, 6.07) is 19.9. The number of nitrogens with one attached hydrogen (secondary N) is 1. The molecule has 0 radical (unpaired) electrons. The van der Waals surface area contributed by atoms with Gasteiger partial charge in [-0.2, -0.15) is 0 Å². The van der Waals surface area contributed by atoms with Crippen LogP contribution in [0.25, 0.3) is 0 Å². The molecule has 1 aliphatic rings. The summed E-state index contributed by atoms with van der Waals surface area (Å²) in [6.45, 7) is 3.75. The Hall–Kier alpha value is -3.16. The summed E-state index contributed by atoms with van der Waals surface area (Å²) in [5.41, 5.74) is 2.57. The van der Waals surface area contributed by atoms with Gasteiger partial charge in [0.2, 0.25) is 11.8 Å². The van der Waals surface area contributed by atoms with Crippen LogP contribution in [0.2, 0.25) is 0 Å². The van der Waals surface area contributed by atoms with E-state index in [9.17, 15) is 9.59 Å². The SMILES string of the molecule is COc1ccc(CN(CC(=O)Nc2ccccc2N2CCCC2=O)C(C)Cc2cccs2)cc1. The van der Waals surface area contributed by atoms with Crippen molar-refractivity contribution in [2.45, 2.75) is 38.8 Å². The zero-order chi connectivity index (χ0) is 23.9. The number of hydrogen-bond acceptors (Lipinski definition) is 5. The number of para-hydroxylation sites is 2. The van der Waals surface area contributed by atoms with Crippen molar-refractivity contribution in [3.63, 3.8) is 0 Å². The Bertz CT molecular complexity index is 1100. The number of carbonyl (C=O) groups is 2. The molecule has 1 saturated heterocycles. The first-order chi connectivity index (χ1) is 16.5. The predicted molar refractivity (Wildman–Crippen MR) is 138 cm³/mol. The molecule has 1 unspecified atom stereocenters. The van der Waals surface area contributed by atoms with Gasteiger partial charge in [0.05, 0.1) is 25.0 Å². The van der Waals surface area contributed by atoms with E-state index in [-0.39, 0.29) is 24.4 Å². The van der Waals surface area contributed by atoms with Crippen molar-refractivity contribution in [2.75, 3.05) is 30.4 Å². The van der Waals surface area contributed by atoms with Gasteiger partial charge in [-0.3, -0.25) is 14.5 Å². The molecular weight excluding hydrogens is 446 g/mol. The van der Waals surface area contributed by atoms with E-state index in [1.807, 2.05) is 48.5 Å². The van der Waals surface area contributed by atoms with E-state index in [0.29, 0.717) is 25.2 Å². The molecule has 3 aromatic rings. The summed E-state index contributed by atoms with van der Waals surface area (Å²) in [5, 5.41) is 5.15. The number of anilines is 2. The predicted octanol–water partition coefficient (Wildman–Crippen LogP) is 4.96. The fourth-order valence-corrected chi connectivity index (χ4v) is 5.10. The van der Waals surface area contributed by atoms with Crippen molar-refractivity contribution >= 4 is 34.5 Å². The summed E-state index contributed by atoms with van der Waals surface area (Å²) >= 11 is 1.74. The smallest absolute Gasteiger partial charge is 0.238 e. The van der Waals surface area contributed by atoms with Crippen molar-refractivity contribution in [3.8, 4) is 5.75 Å². The Morgan fingerprint density at radius 2 is 1.94 bits per heavy atom. The third-order valence-corrected chi connectivity index (χ3v) is 7.03. The quantitative estimate of drug-likeness (QED) is 0.449. The maximum absolute atomic E-state index is 13.2. The van der Waals surface area contributed by atoms with Gasteiger partial charge in [-0.05, 0) is 61.0 Å². The molecule has 1 aliphatic heterocycles. The van der Waals surface area contributed by atoms with E-state index in [1.54, 1.807) is 23.3 Å². The molecule has 0 bridgehead atoms. The van der Waals surface area contributed by atoms with Gasteiger partial charge in [-0.15, -0.1) is 11.3 Å². The fraction of sp³-hybridized carbons (Fsp3) is 0.333. The van der Waals surface area contributed by atoms with Crippen LogP contribution in [-0.2, 0) is 22.6 Å². The highest BCUT2D eigenvalue weighted by atomic mass is 32.1. The number of rotatable bonds is 10. The van der Waals surface area contributed by atoms with Gasteiger partial charge in [0.25, 0.3) is 0 Å². The molecule has 0 saturated carbocycles. The van der Waals surface area contributed by atoms with E-state index in [1.165, 1.54) is 4.88 Å². The highest BCUT2D eigenvalue weighted by molar-refractivity contribution is 7.09. The second-order valence-electron chi connectivity index (χ2n) is 8.60. The summed E-state index contributed by atoms with van der Waals surface area (Å²) in [4.78, 5) is 30.7. The number of benzene rings is 2. The van der Waals surface area contributed by atoms with Crippen molar-refractivity contribution < 1.29 is 14.3 Å². The van der Waals surface area contributed by atoms with Crippen molar-refractivity contribution in [1.29, 1.82) is 0 Å². The number of carbonyl (C=O) groups excluding carboxylic acids is 2. The average Bonchev–Trinajstić information content (AvgIpc) is 3.51. The molecular formula is C27H31N3O3S. The summed E-state index contributed by atoms with van der Waals surface area (Å²) in [6.07, 6.45) is 2.27. The van der Waals surface area contributed by atoms with Gasteiger partial charge in [-0.25, -0.2) is 0 Å². The first-order valence-electron chi connectivity index (χ1n) is 11.6.